The van der Waals surface area contributed by atoms with Crippen LogP contribution in [-0.4, -0.2) is 41.4 Å². The SMILES string of the molecule is CNC(=O)[C@H](Cc1cccc2ccccc12)NC(=O)[C@H](CC(C)C)[C@@H](Cl)C(=O)NO. The van der Waals surface area contributed by atoms with E-state index in [9.17, 15) is 14.4 Å². The van der Waals surface area contributed by atoms with E-state index in [0.717, 1.165) is 16.3 Å². The van der Waals surface area contributed by atoms with Crippen LogP contribution >= 0.6 is 11.6 Å². The summed E-state index contributed by atoms with van der Waals surface area (Å²) in [5, 5.41) is 15.0. The van der Waals surface area contributed by atoms with Crippen molar-refractivity contribution in [2.45, 2.75) is 38.1 Å². The summed E-state index contributed by atoms with van der Waals surface area (Å²) in [4.78, 5) is 37.3. The van der Waals surface area contributed by atoms with Gasteiger partial charge in [0.25, 0.3) is 5.91 Å². The molecule has 3 amide bonds. The Bertz CT molecular complexity index is 898. The maximum Gasteiger partial charge on any atom is 0.262 e. The van der Waals surface area contributed by atoms with Crippen LogP contribution in [0.3, 0.4) is 0 Å². The summed E-state index contributed by atoms with van der Waals surface area (Å²) in [5.41, 5.74) is 2.41. The summed E-state index contributed by atoms with van der Waals surface area (Å²) in [6, 6.07) is 12.8. The van der Waals surface area contributed by atoms with Gasteiger partial charge < -0.3 is 10.6 Å². The normalized spacial score (nSPS) is 14.1. The number of likely N-dealkylation sites (N-methyl/N-ethyl adjacent to an activating group) is 1. The fraction of sp³-hybridized carbons (Fsp3) is 0.409. The number of benzene rings is 2. The van der Waals surface area contributed by atoms with E-state index in [0.29, 0.717) is 6.42 Å². The van der Waals surface area contributed by atoms with Crippen molar-refractivity contribution in [1.29, 1.82) is 0 Å². The zero-order chi connectivity index (χ0) is 22.3. The quantitative estimate of drug-likeness (QED) is 0.276. The van der Waals surface area contributed by atoms with E-state index in [1.54, 1.807) is 0 Å². The van der Waals surface area contributed by atoms with Crippen molar-refractivity contribution >= 4 is 40.1 Å². The van der Waals surface area contributed by atoms with Crippen molar-refractivity contribution in [3.63, 3.8) is 0 Å². The number of rotatable bonds is 9. The first-order chi connectivity index (χ1) is 14.3. The molecule has 0 unspecified atom stereocenters. The van der Waals surface area contributed by atoms with Crippen molar-refractivity contribution in [3.05, 3.63) is 48.0 Å². The monoisotopic (exact) mass is 433 g/mol. The second-order valence-corrected chi connectivity index (χ2v) is 8.10. The number of carbonyl (C=O) groups is 3. The molecular formula is C22H28ClN3O4. The molecule has 0 saturated heterocycles. The molecule has 3 atom stereocenters. The second kappa shape index (κ2) is 10.9. The average molecular weight is 434 g/mol. The van der Waals surface area contributed by atoms with Gasteiger partial charge in [0, 0.05) is 13.5 Å². The summed E-state index contributed by atoms with van der Waals surface area (Å²) in [6.07, 6.45) is 0.600. The molecule has 0 bridgehead atoms. The van der Waals surface area contributed by atoms with Crippen molar-refractivity contribution < 1.29 is 19.6 Å². The van der Waals surface area contributed by atoms with E-state index >= 15 is 0 Å². The minimum absolute atomic E-state index is 0.0741. The van der Waals surface area contributed by atoms with Crippen LogP contribution in [0.25, 0.3) is 10.8 Å². The summed E-state index contributed by atoms with van der Waals surface area (Å²) in [5.74, 6) is -2.55. The predicted molar refractivity (Wildman–Crippen MR) is 116 cm³/mol. The second-order valence-electron chi connectivity index (χ2n) is 7.63. The van der Waals surface area contributed by atoms with Crippen molar-refractivity contribution in [2.75, 3.05) is 7.05 Å². The molecule has 2 aromatic rings. The minimum atomic E-state index is -1.26. The van der Waals surface area contributed by atoms with Gasteiger partial charge in [0.2, 0.25) is 11.8 Å². The van der Waals surface area contributed by atoms with Gasteiger partial charge in [-0.3, -0.25) is 19.6 Å². The van der Waals surface area contributed by atoms with Crippen LogP contribution in [0.15, 0.2) is 42.5 Å². The number of nitrogens with one attached hydrogen (secondary N) is 3. The Morgan fingerprint density at radius 2 is 1.67 bits per heavy atom. The maximum atomic E-state index is 13.0. The smallest absolute Gasteiger partial charge is 0.262 e. The van der Waals surface area contributed by atoms with Gasteiger partial charge in [-0.25, -0.2) is 5.48 Å². The summed E-state index contributed by atoms with van der Waals surface area (Å²) in [6.45, 7) is 3.79. The number of alkyl halides is 1. The van der Waals surface area contributed by atoms with E-state index in [1.165, 1.54) is 12.5 Å². The highest BCUT2D eigenvalue weighted by molar-refractivity contribution is 6.32. The number of hydrogen-bond donors (Lipinski definition) is 4. The molecule has 4 N–H and O–H groups in total. The highest BCUT2D eigenvalue weighted by atomic mass is 35.5. The van der Waals surface area contributed by atoms with Crippen molar-refractivity contribution in [2.24, 2.45) is 11.8 Å². The zero-order valence-corrected chi connectivity index (χ0v) is 18.1. The van der Waals surface area contributed by atoms with E-state index < -0.39 is 29.2 Å². The van der Waals surface area contributed by atoms with Crippen LogP contribution in [-0.2, 0) is 20.8 Å². The van der Waals surface area contributed by atoms with Crippen molar-refractivity contribution in [3.8, 4) is 0 Å². The first-order valence-corrected chi connectivity index (χ1v) is 10.3. The van der Waals surface area contributed by atoms with Crippen molar-refractivity contribution in [1.82, 2.24) is 16.1 Å². The van der Waals surface area contributed by atoms with Crippen LogP contribution in [0.1, 0.15) is 25.8 Å². The van der Waals surface area contributed by atoms with Crippen LogP contribution in [0.2, 0.25) is 0 Å². The van der Waals surface area contributed by atoms with Gasteiger partial charge in [-0.05, 0) is 28.7 Å². The topological polar surface area (TPSA) is 108 Å². The molecule has 162 valence electrons. The Labute approximate surface area is 181 Å². The molecule has 30 heavy (non-hydrogen) atoms. The summed E-state index contributed by atoms with van der Waals surface area (Å²) in [7, 11) is 1.50. The summed E-state index contributed by atoms with van der Waals surface area (Å²) >= 11 is 6.14. The Hall–Kier alpha value is -2.64. The minimum Gasteiger partial charge on any atom is -0.357 e. The number of hydrogen-bond acceptors (Lipinski definition) is 4. The fourth-order valence-corrected chi connectivity index (χ4v) is 3.73. The van der Waals surface area contributed by atoms with E-state index in [4.69, 9.17) is 16.8 Å². The van der Waals surface area contributed by atoms with Gasteiger partial charge in [0.05, 0.1) is 5.92 Å². The van der Waals surface area contributed by atoms with E-state index in [2.05, 4.69) is 10.6 Å². The number of halogens is 1. The molecule has 2 aromatic carbocycles. The van der Waals surface area contributed by atoms with E-state index in [1.807, 2.05) is 56.3 Å². The largest absolute Gasteiger partial charge is 0.357 e. The lowest BCUT2D eigenvalue weighted by molar-refractivity contribution is -0.136. The van der Waals surface area contributed by atoms with Gasteiger partial charge in [-0.2, -0.15) is 0 Å². The van der Waals surface area contributed by atoms with Gasteiger partial charge in [-0.1, -0.05) is 56.3 Å². The number of hydroxylamine groups is 1. The number of amides is 3. The van der Waals surface area contributed by atoms with Crippen LogP contribution in [0.5, 0.6) is 0 Å². The molecule has 0 radical (unpaired) electrons. The average Bonchev–Trinajstić information content (AvgIpc) is 2.75. The number of carbonyl (C=O) groups excluding carboxylic acids is 3. The Morgan fingerprint density at radius 1 is 1.00 bits per heavy atom. The Kier molecular flexibility index (Phi) is 8.62. The molecule has 8 heteroatoms. The third kappa shape index (κ3) is 5.93. The molecule has 7 nitrogen and oxygen atoms in total. The van der Waals surface area contributed by atoms with Crippen LogP contribution in [0, 0.1) is 11.8 Å². The Balaban J connectivity index is 2.28. The Morgan fingerprint density at radius 3 is 2.30 bits per heavy atom. The molecular weight excluding hydrogens is 406 g/mol. The molecule has 0 saturated carbocycles. The van der Waals surface area contributed by atoms with Crippen LogP contribution < -0.4 is 16.1 Å². The third-order valence-corrected chi connectivity index (χ3v) is 5.46. The van der Waals surface area contributed by atoms with Gasteiger partial charge in [0.1, 0.15) is 11.4 Å². The molecule has 0 aromatic heterocycles. The maximum absolute atomic E-state index is 13.0. The van der Waals surface area contributed by atoms with Crippen LogP contribution in [0.4, 0.5) is 0 Å². The molecule has 0 fully saturated rings. The number of fused-ring (bicyclic) bond motifs is 1. The highest BCUT2D eigenvalue weighted by Gasteiger charge is 2.34. The summed E-state index contributed by atoms with van der Waals surface area (Å²) < 4.78 is 0. The molecule has 0 heterocycles. The standard InChI is InChI=1S/C22H28ClN3O4/c1-13(2)11-17(19(23)22(29)26-30)20(27)25-18(21(28)24-3)12-15-9-6-8-14-7-4-5-10-16(14)15/h4-10,13,17-19,30H,11-12H2,1-3H3,(H,24,28)(H,25,27)(H,26,29)/t17-,18+,19-/m1/s1. The molecule has 0 aliphatic carbocycles. The lowest BCUT2D eigenvalue weighted by atomic mass is 9.91. The molecule has 2 rings (SSSR count). The predicted octanol–water partition coefficient (Wildman–Crippen LogP) is 2.39. The van der Waals surface area contributed by atoms with Gasteiger partial charge in [-0.15, -0.1) is 11.6 Å². The van der Waals surface area contributed by atoms with Gasteiger partial charge >= 0.3 is 0 Å². The molecule has 0 aliphatic heterocycles. The lowest BCUT2D eigenvalue weighted by Gasteiger charge is -2.25. The lowest BCUT2D eigenvalue weighted by Crippen LogP contribution is -2.51. The zero-order valence-electron chi connectivity index (χ0n) is 17.3. The highest BCUT2D eigenvalue weighted by Crippen LogP contribution is 2.23. The van der Waals surface area contributed by atoms with Gasteiger partial charge in [0.15, 0.2) is 0 Å². The fourth-order valence-electron chi connectivity index (χ4n) is 3.46. The first-order valence-electron chi connectivity index (χ1n) is 9.85. The third-order valence-electron chi connectivity index (χ3n) is 4.96. The van der Waals surface area contributed by atoms with E-state index in [-0.39, 0.29) is 18.2 Å². The first kappa shape index (κ1) is 23.6. The molecule has 0 spiro atoms. The molecule has 0 aliphatic rings.